The van der Waals surface area contributed by atoms with E-state index in [0.29, 0.717) is 22.1 Å². The molecule has 2 heterocycles. The van der Waals surface area contributed by atoms with E-state index in [4.69, 9.17) is 16.3 Å². The summed E-state index contributed by atoms with van der Waals surface area (Å²) in [4.78, 5) is 16.9. The van der Waals surface area contributed by atoms with Gasteiger partial charge in [-0.05, 0) is 55.0 Å². The molecule has 2 aromatic heterocycles. The van der Waals surface area contributed by atoms with E-state index in [1.807, 2.05) is 60.1 Å². The summed E-state index contributed by atoms with van der Waals surface area (Å²) in [5, 5.41) is 5.98. The monoisotopic (exact) mass is 406 g/mol. The Bertz CT molecular complexity index is 1190. The van der Waals surface area contributed by atoms with Crippen molar-refractivity contribution in [2.75, 3.05) is 17.7 Å². The smallest absolute Gasteiger partial charge is 0.323 e. The molecule has 4 rings (SSSR count). The minimum Gasteiger partial charge on any atom is -0.495 e. The molecule has 6 nitrogen and oxygen atoms in total. The molecule has 0 saturated heterocycles. The second-order valence-electron chi connectivity index (χ2n) is 6.60. The summed E-state index contributed by atoms with van der Waals surface area (Å²) in [6.07, 6.45) is 3.98. The Morgan fingerprint density at radius 3 is 2.48 bits per heavy atom. The Morgan fingerprint density at radius 1 is 1.03 bits per heavy atom. The van der Waals surface area contributed by atoms with Gasteiger partial charge in [-0.15, -0.1) is 0 Å². The molecule has 0 aliphatic rings. The first-order chi connectivity index (χ1) is 14.0. The Labute approximate surface area is 173 Å². The van der Waals surface area contributed by atoms with Crippen molar-refractivity contribution < 1.29 is 9.53 Å². The first kappa shape index (κ1) is 18.8. The highest BCUT2D eigenvalue weighted by Gasteiger charge is 2.08. The van der Waals surface area contributed by atoms with Gasteiger partial charge < -0.3 is 19.8 Å². The normalized spacial score (nSPS) is 10.7. The van der Waals surface area contributed by atoms with Crippen LogP contribution in [0.1, 0.15) is 5.56 Å². The van der Waals surface area contributed by atoms with Crippen LogP contribution in [0.2, 0.25) is 5.02 Å². The largest absolute Gasteiger partial charge is 0.495 e. The van der Waals surface area contributed by atoms with Crippen molar-refractivity contribution >= 4 is 34.7 Å². The highest BCUT2D eigenvalue weighted by atomic mass is 35.5. The summed E-state index contributed by atoms with van der Waals surface area (Å²) in [7, 11) is 1.54. The average Bonchev–Trinajstić information content (AvgIpc) is 3.12. The number of ether oxygens (including phenoxy) is 1. The van der Waals surface area contributed by atoms with Gasteiger partial charge in [-0.3, -0.25) is 0 Å². The maximum atomic E-state index is 12.2. The number of halogens is 1. The lowest BCUT2D eigenvalue weighted by Crippen LogP contribution is -2.19. The van der Waals surface area contributed by atoms with Crippen molar-refractivity contribution in [3.05, 3.63) is 77.6 Å². The fraction of sp³-hybridized carbons (Fsp3) is 0.0909. The fourth-order valence-electron chi connectivity index (χ4n) is 2.98. The topological polar surface area (TPSA) is 67.7 Å². The Hall–Kier alpha value is -3.51. The van der Waals surface area contributed by atoms with Gasteiger partial charge in [0.05, 0.1) is 17.8 Å². The van der Waals surface area contributed by atoms with E-state index in [-0.39, 0.29) is 6.03 Å². The summed E-state index contributed by atoms with van der Waals surface area (Å²) >= 11 is 6.08. The van der Waals surface area contributed by atoms with Crippen molar-refractivity contribution in [1.29, 1.82) is 0 Å². The quantitative estimate of drug-likeness (QED) is 0.462. The molecule has 4 aromatic rings. The number of hydrogen-bond donors (Lipinski definition) is 2. The van der Waals surface area contributed by atoms with E-state index < -0.39 is 0 Å². The molecule has 0 unspecified atom stereocenters. The lowest BCUT2D eigenvalue weighted by molar-refractivity contribution is 0.262. The molecule has 29 heavy (non-hydrogen) atoms. The molecule has 0 spiro atoms. The van der Waals surface area contributed by atoms with Crippen LogP contribution in [0.25, 0.3) is 16.9 Å². The van der Waals surface area contributed by atoms with Gasteiger partial charge in [0.15, 0.2) is 0 Å². The van der Waals surface area contributed by atoms with Crippen LogP contribution in [0.4, 0.5) is 16.2 Å². The summed E-state index contributed by atoms with van der Waals surface area (Å²) in [6, 6.07) is 16.3. The van der Waals surface area contributed by atoms with Crippen molar-refractivity contribution in [3.63, 3.8) is 0 Å². The molecule has 146 valence electrons. The highest BCUT2D eigenvalue weighted by molar-refractivity contribution is 6.32. The van der Waals surface area contributed by atoms with E-state index in [1.165, 1.54) is 12.7 Å². The predicted molar refractivity (Wildman–Crippen MR) is 116 cm³/mol. The third kappa shape index (κ3) is 4.17. The number of carbonyl (C=O) groups excluding carboxylic acids is 1. The van der Waals surface area contributed by atoms with Crippen LogP contribution in [0.15, 0.2) is 67.0 Å². The van der Waals surface area contributed by atoms with Gasteiger partial charge in [-0.1, -0.05) is 23.7 Å². The number of imidazole rings is 1. The minimum absolute atomic E-state index is 0.359. The van der Waals surface area contributed by atoms with Gasteiger partial charge in [0.2, 0.25) is 0 Å². The SMILES string of the molecule is COc1ccc(NC(=O)Nc2ccc(-c3cn4ccc(C)cc4n3)cc2)cc1Cl. The van der Waals surface area contributed by atoms with Crippen LogP contribution in [0.3, 0.4) is 0 Å². The number of hydrogen-bond acceptors (Lipinski definition) is 3. The second kappa shape index (κ2) is 7.85. The molecular formula is C22H19ClN4O2. The Morgan fingerprint density at radius 2 is 1.76 bits per heavy atom. The van der Waals surface area contributed by atoms with Gasteiger partial charge in [-0.2, -0.15) is 0 Å². The van der Waals surface area contributed by atoms with Crippen LogP contribution < -0.4 is 15.4 Å². The van der Waals surface area contributed by atoms with Crippen molar-refractivity contribution in [1.82, 2.24) is 9.38 Å². The number of benzene rings is 2. The molecule has 0 aliphatic carbocycles. The zero-order chi connectivity index (χ0) is 20.4. The van der Waals surface area contributed by atoms with Gasteiger partial charge in [0, 0.05) is 29.3 Å². The van der Waals surface area contributed by atoms with Gasteiger partial charge in [0.1, 0.15) is 11.4 Å². The summed E-state index contributed by atoms with van der Waals surface area (Å²) in [6.45, 7) is 2.04. The lowest BCUT2D eigenvalue weighted by Gasteiger charge is -2.09. The number of nitrogens with one attached hydrogen (secondary N) is 2. The molecule has 0 saturated carbocycles. The third-order valence-corrected chi connectivity index (χ3v) is 4.76. The number of fused-ring (bicyclic) bond motifs is 1. The standard InChI is InChI=1S/C22H19ClN4O2/c1-14-9-10-27-13-19(26-21(27)11-14)15-3-5-16(6-4-15)24-22(28)25-17-7-8-20(29-2)18(23)12-17/h3-13H,1-2H3,(H2,24,25,28). The van der Waals surface area contributed by atoms with Crippen LogP contribution in [0.5, 0.6) is 5.75 Å². The number of pyridine rings is 1. The molecule has 0 aliphatic heterocycles. The number of urea groups is 1. The van der Waals surface area contributed by atoms with E-state index in [2.05, 4.69) is 15.6 Å². The van der Waals surface area contributed by atoms with Crippen LogP contribution in [-0.4, -0.2) is 22.5 Å². The van der Waals surface area contributed by atoms with Crippen molar-refractivity contribution in [2.45, 2.75) is 6.92 Å². The van der Waals surface area contributed by atoms with Crippen LogP contribution >= 0.6 is 11.6 Å². The summed E-state index contributed by atoms with van der Waals surface area (Å²) < 4.78 is 7.09. The van der Waals surface area contributed by atoms with Gasteiger partial charge in [0.25, 0.3) is 0 Å². The molecule has 0 radical (unpaired) electrons. The number of rotatable bonds is 4. The second-order valence-corrected chi connectivity index (χ2v) is 7.01. The predicted octanol–water partition coefficient (Wildman–Crippen LogP) is 5.62. The third-order valence-electron chi connectivity index (χ3n) is 4.46. The number of aryl methyl sites for hydroxylation is 1. The van der Waals surface area contributed by atoms with E-state index in [0.717, 1.165) is 16.9 Å². The zero-order valence-electron chi connectivity index (χ0n) is 15.9. The number of anilines is 2. The van der Waals surface area contributed by atoms with E-state index in [9.17, 15) is 4.79 Å². The average molecular weight is 407 g/mol. The van der Waals surface area contributed by atoms with Gasteiger partial charge in [-0.25, -0.2) is 9.78 Å². The number of carbonyl (C=O) groups is 1. The maximum Gasteiger partial charge on any atom is 0.323 e. The first-order valence-corrected chi connectivity index (χ1v) is 9.37. The van der Waals surface area contributed by atoms with Gasteiger partial charge >= 0.3 is 6.03 Å². The molecule has 0 bridgehead atoms. The Balaban J connectivity index is 1.44. The maximum absolute atomic E-state index is 12.2. The minimum atomic E-state index is -0.359. The van der Waals surface area contributed by atoms with E-state index in [1.54, 1.807) is 18.2 Å². The molecular weight excluding hydrogens is 388 g/mol. The van der Waals surface area contributed by atoms with Crippen LogP contribution in [-0.2, 0) is 0 Å². The number of methoxy groups -OCH3 is 1. The number of amides is 2. The Kier molecular flexibility index (Phi) is 5.10. The molecule has 0 atom stereocenters. The van der Waals surface area contributed by atoms with Crippen molar-refractivity contribution in [2.24, 2.45) is 0 Å². The molecule has 2 N–H and O–H groups in total. The summed E-state index contributed by atoms with van der Waals surface area (Å²) in [5.74, 6) is 0.551. The fourth-order valence-corrected chi connectivity index (χ4v) is 3.24. The van der Waals surface area contributed by atoms with E-state index >= 15 is 0 Å². The highest BCUT2D eigenvalue weighted by Crippen LogP contribution is 2.27. The lowest BCUT2D eigenvalue weighted by atomic mass is 10.1. The molecule has 2 amide bonds. The van der Waals surface area contributed by atoms with Crippen LogP contribution in [0, 0.1) is 6.92 Å². The molecule has 7 heteroatoms. The zero-order valence-corrected chi connectivity index (χ0v) is 16.7. The number of aromatic nitrogens is 2. The number of nitrogens with zero attached hydrogens (tertiary/aromatic N) is 2. The van der Waals surface area contributed by atoms with Crippen molar-refractivity contribution in [3.8, 4) is 17.0 Å². The molecule has 2 aromatic carbocycles. The molecule has 0 fully saturated rings. The summed E-state index contributed by atoms with van der Waals surface area (Å²) in [5.41, 5.74) is 5.16. The first-order valence-electron chi connectivity index (χ1n) is 8.99.